The van der Waals surface area contributed by atoms with Gasteiger partial charge in [-0.1, -0.05) is 59.3 Å². The number of hydrogen-bond donors (Lipinski definition) is 0. The molecule has 1 aliphatic heterocycles. The van der Waals surface area contributed by atoms with Gasteiger partial charge in [-0.3, -0.25) is 9.36 Å². The van der Waals surface area contributed by atoms with Crippen LogP contribution in [0.5, 0.6) is 0 Å². The highest BCUT2D eigenvalue weighted by Gasteiger charge is 2.33. The van der Waals surface area contributed by atoms with Gasteiger partial charge < -0.3 is 9.15 Å². The Balaban J connectivity index is 1.62. The minimum atomic E-state index is -0.638. The summed E-state index contributed by atoms with van der Waals surface area (Å²) < 4.78 is 14.1. The van der Waals surface area contributed by atoms with Gasteiger partial charge in [0.2, 0.25) is 0 Å². The van der Waals surface area contributed by atoms with E-state index in [1.807, 2.05) is 54.6 Å². The molecule has 0 N–H and O–H groups in total. The molecule has 0 spiro atoms. The lowest BCUT2D eigenvalue weighted by Crippen LogP contribution is -2.39. The van der Waals surface area contributed by atoms with Crippen LogP contribution < -0.4 is 14.9 Å². The molecule has 0 unspecified atom stereocenters. The summed E-state index contributed by atoms with van der Waals surface area (Å²) in [6, 6.07) is 18.0. The Labute approximate surface area is 224 Å². The quantitative estimate of drug-likeness (QED) is 0.292. The van der Waals surface area contributed by atoms with Crippen molar-refractivity contribution in [2.75, 3.05) is 6.61 Å². The fourth-order valence-corrected chi connectivity index (χ4v) is 5.56. The summed E-state index contributed by atoms with van der Waals surface area (Å²) in [5.41, 5.74) is 2.25. The SMILES string of the molecule is CCOC(=O)C1=C(C)N=c2s/c(=C\c3ccc(-c4ccc(Br)c(Cl)c4)o3)c(=O)n2[C@H]1c1ccccc1. The Morgan fingerprint density at radius 2 is 2.00 bits per heavy atom. The molecule has 2 aromatic carbocycles. The maximum absolute atomic E-state index is 13.6. The third kappa shape index (κ3) is 4.52. The number of nitrogens with zero attached hydrogens (tertiary/aromatic N) is 2. The van der Waals surface area contributed by atoms with Gasteiger partial charge in [-0.25, -0.2) is 9.79 Å². The smallest absolute Gasteiger partial charge is 0.338 e. The lowest BCUT2D eigenvalue weighted by Gasteiger charge is -2.24. The molecular formula is C27H20BrClN2O4S. The predicted molar refractivity (Wildman–Crippen MR) is 144 cm³/mol. The van der Waals surface area contributed by atoms with Gasteiger partial charge in [-0.05, 0) is 59.6 Å². The zero-order chi connectivity index (χ0) is 25.4. The third-order valence-corrected chi connectivity index (χ3v) is 7.95. The van der Waals surface area contributed by atoms with Gasteiger partial charge in [0.25, 0.3) is 5.56 Å². The molecule has 6 nitrogen and oxygen atoms in total. The first-order valence-corrected chi connectivity index (χ1v) is 13.2. The van der Waals surface area contributed by atoms with Crippen molar-refractivity contribution in [1.82, 2.24) is 4.57 Å². The number of carbonyl (C=O) groups is 1. The highest BCUT2D eigenvalue weighted by molar-refractivity contribution is 9.10. The van der Waals surface area contributed by atoms with E-state index in [2.05, 4.69) is 20.9 Å². The highest BCUT2D eigenvalue weighted by Crippen LogP contribution is 2.31. The largest absolute Gasteiger partial charge is 0.463 e. The molecule has 2 aromatic heterocycles. The fraction of sp³-hybridized carbons (Fsp3) is 0.148. The molecule has 0 bridgehead atoms. The summed E-state index contributed by atoms with van der Waals surface area (Å²) in [5, 5.41) is 0.576. The molecule has 0 fully saturated rings. The molecule has 9 heteroatoms. The molecule has 0 aliphatic carbocycles. The molecular weight excluding hydrogens is 564 g/mol. The number of benzene rings is 2. The standard InChI is InChI=1S/C27H20BrClN2O4S/c1-3-34-26(33)23-15(2)30-27-31(24(23)16-7-5-4-6-8-16)25(32)22(36-27)14-18-10-12-21(35-18)17-9-11-19(28)20(29)13-17/h4-14,24H,3H2,1-2H3/b22-14-/t24-/m0/s1. The molecule has 36 heavy (non-hydrogen) atoms. The molecule has 5 rings (SSSR count). The number of furan rings is 1. The monoisotopic (exact) mass is 582 g/mol. The van der Waals surface area contributed by atoms with E-state index in [-0.39, 0.29) is 12.2 Å². The van der Waals surface area contributed by atoms with Crippen molar-refractivity contribution in [2.45, 2.75) is 19.9 Å². The number of esters is 1. The molecule has 1 atom stereocenters. The maximum atomic E-state index is 13.6. The number of allylic oxidation sites excluding steroid dienone is 1. The minimum absolute atomic E-state index is 0.228. The lowest BCUT2D eigenvalue weighted by molar-refractivity contribution is -0.139. The summed E-state index contributed by atoms with van der Waals surface area (Å²) in [4.78, 5) is 31.6. The van der Waals surface area contributed by atoms with Gasteiger partial charge in [0.1, 0.15) is 11.5 Å². The summed E-state index contributed by atoms with van der Waals surface area (Å²) in [5.74, 6) is 0.670. The Morgan fingerprint density at radius 1 is 1.22 bits per heavy atom. The highest BCUT2D eigenvalue weighted by atomic mass is 79.9. The van der Waals surface area contributed by atoms with Crippen molar-refractivity contribution in [3.63, 3.8) is 0 Å². The number of thiazole rings is 1. The Bertz CT molecular complexity index is 1680. The summed E-state index contributed by atoms with van der Waals surface area (Å²) in [6.07, 6.45) is 1.69. The van der Waals surface area contributed by atoms with E-state index >= 15 is 0 Å². The van der Waals surface area contributed by atoms with Crippen LogP contribution in [0.3, 0.4) is 0 Å². The zero-order valence-electron chi connectivity index (χ0n) is 19.3. The number of rotatable bonds is 5. The van der Waals surface area contributed by atoms with Crippen LogP contribution in [0.1, 0.15) is 31.2 Å². The van der Waals surface area contributed by atoms with Gasteiger partial charge >= 0.3 is 5.97 Å². The van der Waals surface area contributed by atoms with Crippen molar-refractivity contribution >= 4 is 50.9 Å². The van der Waals surface area contributed by atoms with E-state index in [4.69, 9.17) is 20.8 Å². The van der Waals surface area contributed by atoms with Crippen LogP contribution >= 0.6 is 38.9 Å². The Morgan fingerprint density at radius 3 is 2.72 bits per heavy atom. The van der Waals surface area contributed by atoms with Crippen LogP contribution in [0.25, 0.3) is 17.4 Å². The first-order chi connectivity index (χ1) is 17.4. The summed E-state index contributed by atoms with van der Waals surface area (Å²) in [6.45, 7) is 3.74. The predicted octanol–water partition coefficient (Wildman–Crippen LogP) is 5.47. The van der Waals surface area contributed by atoms with Crippen LogP contribution in [-0.2, 0) is 9.53 Å². The summed E-state index contributed by atoms with van der Waals surface area (Å²) >= 11 is 10.9. The van der Waals surface area contributed by atoms with Crippen LogP contribution in [-0.4, -0.2) is 17.1 Å². The van der Waals surface area contributed by atoms with Crippen LogP contribution in [0.4, 0.5) is 0 Å². The number of halogens is 2. The van der Waals surface area contributed by atoms with Crippen molar-refractivity contribution in [1.29, 1.82) is 0 Å². The molecule has 0 saturated carbocycles. The number of fused-ring (bicyclic) bond motifs is 1. The lowest BCUT2D eigenvalue weighted by atomic mass is 9.96. The number of aromatic nitrogens is 1. The maximum Gasteiger partial charge on any atom is 0.338 e. The second kappa shape index (κ2) is 10.0. The average Bonchev–Trinajstić information content (AvgIpc) is 3.45. The molecule has 1 aliphatic rings. The van der Waals surface area contributed by atoms with E-state index in [9.17, 15) is 9.59 Å². The fourth-order valence-electron chi connectivity index (χ4n) is 4.11. The first kappa shape index (κ1) is 24.5. The normalized spacial score (nSPS) is 15.6. The van der Waals surface area contributed by atoms with Crippen molar-refractivity contribution in [2.24, 2.45) is 4.99 Å². The molecule has 0 radical (unpaired) electrons. The topological polar surface area (TPSA) is 73.8 Å². The van der Waals surface area contributed by atoms with E-state index in [1.54, 1.807) is 30.6 Å². The van der Waals surface area contributed by atoms with E-state index in [0.717, 1.165) is 15.6 Å². The average molecular weight is 584 g/mol. The summed E-state index contributed by atoms with van der Waals surface area (Å²) in [7, 11) is 0. The van der Waals surface area contributed by atoms with Gasteiger partial charge in [0, 0.05) is 16.1 Å². The molecule has 182 valence electrons. The van der Waals surface area contributed by atoms with Crippen molar-refractivity contribution < 1.29 is 13.9 Å². The van der Waals surface area contributed by atoms with E-state index < -0.39 is 12.0 Å². The second-order valence-electron chi connectivity index (χ2n) is 8.04. The minimum Gasteiger partial charge on any atom is -0.463 e. The zero-order valence-corrected chi connectivity index (χ0v) is 22.5. The van der Waals surface area contributed by atoms with Crippen LogP contribution in [0.15, 0.2) is 90.6 Å². The molecule has 4 aromatic rings. The number of hydrogen-bond acceptors (Lipinski definition) is 6. The second-order valence-corrected chi connectivity index (χ2v) is 10.3. The van der Waals surface area contributed by atoms with Gasteiger partial charge in [-0.2, -0.15) is 0 Å². The number of ether oxygens (including phenoxy) is 1. The molecule has 3 heterocycles. The van der Waals surface area contributed by atoms with E-state index in [1.165, 1.54) is 11.3 Å². The van der Waals surface area contributed by atoms with Crippen molar-refractivity contribution in [3.8, 4) is 11.3 Å². The van der Waals surface area contributed by atoms with Crippen LogP contribution in [0, 0.1) is 0 Å². The Hall–Kier alpha value is -3.20. The van der Waals surface area contributed by atoms with Crippen molar-refractivity contribution in [3.05, 3.63) is 112 Å². The Kier molecular flexibility index (Phi) is 6.83. The molecule has 0 saturated heterocycles. The van der Waals surface area contributed by atoms with Gasteiger partial charge in [0.05, 0.1) is 33.5 Å². The number of carbonyl (C=O) groups excluding carboxylic acids is 1. The first-order valence-electron chi connectivity index (χ1n) is 11.2. The third-order valence-electron chi connectivity index (χ3n) is 5.74. The van der Waals surface area contributed by atoms with Gasteiger partial charge in [-0.15, -0.1) is 0 Å². The molecule has 0 amide bonds. The van der Waals surface area contributed by atoms with Gasteiger partial charge in [0.15, 0.2) is 4.80 Å². The van der Waals surface area contributed by atoms with Crippen LogP contribution in [0.2, 0.25) is 5.02 Å². The van der Waals surface area contributed by atoms with E-state index in [0.29, 0.717) is 37.1 Å².